The first kappa shape index (κ1) is 23.1. The van der Waals surface area contributed by atoms with E-state index in [1.54, 1.807) is 24.3 Å². The third-order valence-electron chi connectivity index (χ3n) is 5.15. The lowest BCUT2D eigenvalue weighted by molar-refractivity contribution is -0.150. The maximum absolute atomic E-state index is 12.8. The number of amides is 2. The molecule has 164 valence electrons. The molecule has 3 rings (SSSR count). The number of aryl methyl sites for hydroxylation is 2. The van der Waals surface area contributed by atoms with E-state index in [4.69, 9.17) is 4.74 Å². The number of thioether (sulfide) groups is 1. The summed E-state index contributed by atoms with van der Waals surface area (Å²) in [7, 11) is 1.20. The molecule has 7 nitrogen and oxygen atoms in total. The molecule has 2 amide bonds. The minimum atomic E-state index is -1.19. The number of allylic oxidation sites excluding steroid dienone is 1. The van der Waals surface area contributed by atoms with Gasteiger partial charge in [-0.25, -0.2) is 0 Å². The van der Waals surface area contributed by atoms with E-state index in [1.807, 2.05) is 38.1 Å². The molecule has 0 aromatic heterocycles. The number of nitrogens with zero attached hydrogens (tertiary/aromatic N) is 1. The second-order valence-corrected chi connectivity index (χ2v) is 8.37. The Morgan fingerprint density at radius 2 is 1.91 bits per heavy atom. The molecule has 0 saturated heterocycles. The number of ether oxygens (including phenoxy) is 1. The number of hydrogen-bond acceptors (Lipinski definition) is 6. The number of nitriles is 1. The van der Waals surface area contributed by atoms with E-state index in [2.05, 4.69) is 16.7 Å². The van der Waals surface area contributed by atoms with Gasteiger partial charge in [0.05, 0.1) is 29.5 Å². The summed E-state index contributed by atoms with van der Waals surface area (Å²) in [6, 6.07) is 16.7. The van der Waals surface area contributed by atoms with Gasteiger partial charge in [0.1, 0.15) is 5.92 Å². The highest BCUT2D eigenvalue weighted by Crippen LogP contribution is 2.40. The zero-order valence-electron chi connectivity index (χ0n) is 18.0. The molecule has 0 radical (unpaired) electrons. The van der Waals surface area contributed by atoms with Crippen LogP contribution in [0.4, 0.5) is 5.69 Å². The quantitative estimate of drug-likeness (QED) is 0.517. The average Bonchev–Trinajstić information content (AvgIpc) is 2.79. The van der Waals surface area contributed by atoms with Crippen molar-refractivity contribution < 1.29 is 19.1 Å². The fourth-order valence-electron chi connectivity index (χ4n) is 3.62. The Morgan fingerprint density at radius 3 is 2.53 bits per heavy atom. The lowest BCUT2D eigenvalue weighted by Gasteiger charge is -2.30. The van der Waals surface area contributed by atoms with Crippen LogP contribution in [-0.2, 0) is 19.1 Å². The van der Waals surface area contributed by atoms with Crippen molar-refractivity contribution in [3.63, 3.8) is 0 Å². The number of benzene rings is 2. The number of nitrogens with one attached hydrogen (secondary N) is 2. The lowest BCUT2D eigenvalue weighted by Crippen LogP contribution is -2.44. The van der Waals surface area contributed by atoms with Crippen LogP contribution in [0.2, 0.25) is 0 Å². The van der Waals surface area contributed by atoms with E-state index in [9.17, 15) is 19.6 Å². The highest BCUT2D eigenvalue weighted by atomic mass is 32.2. The molecular formula is C24H23N3O4S. The van der Waals surface area contributed by atoms with Gasteiger partial charge in [0.25, 0.3) is 0 Å². The number of carbonyl (C=O) groups is 3. The fraction of sp³-hybridized carbons (Fsp3) is 0.250. The van der Waals surface area contributed by atoms with Gasteiger partial charge in [0.15, 0.2) is 0 Å². The van der Waals surface area contributed by atoms with Crippen molar-refractivity contribution in [1.29, 1.82) is 5.26 Å². The van der Waals surface area contributed by atoms with Crippen LogP contribution in [0.5, 0.6) is 0 Å². The van der Waals surface area contributed by atoms with Crippen molar-refractivity contribution in [2.45, 2.75) is 19.8 Å². The molecule has 1 aliphatic heterocycles. The molecule has 2 N–H and O–H groups in total. The SMILES string of the molecule is COC(=O)[C@H]1C(=O)NC(SCC(=O)Nc2ccc(C)cc2C)=C(C#N)[C@H]1c1ccccc1. The van der Waals surface area contributed by atoms with E-state index < -0.39 is 23.7 Å². The Balaban J connectivity index is 1.86. The van der Waals surface area contributed by atoms with Gasteiger partial charge < -0.3 is 15.4 Å². The summed E-state index contributed by atoms with van der Waals surface area (Å²) in [6.45, 7) is 3.88. The first-order valence-corrected chi connectivity index (χ1v) is 10.9. The maximum atomic E-state index is 12.8. The monoisotopic (exact) mass is 449 g/mol. The summed E-state index contributed by atoms with van der Waals surface area (Å²) in [5.74, 6) is -3.56. The third-order valence-corrected chi connectivity index (χ3v) is 6.16. The first-order valence-electron chi connectivity index (χ1n) is 9.93. The number of rotatable bonds is 6. The van der Waals surface area contributed by atoms with Crippen LogP contribution in [0.15, 0.2) is 59.1 Å². The molecule has 0 saturated carbocycles. The number of anilines is 1. The molecule has 0 fully saturated rings. The normalized spacial score (nSPS) is 17.9. The Bertz CT molecular complexity index is 1120. The van der Waals surface area contributed by atoms with Gasteiger partial charge in [-0.2, -0.15) is 5.26 Å². The van der Waals surface area contributed by atoms with Gasteiger partial charge in [-0.1, -0.05) is 59.8 Å². The fourth-order valence-corrected chi connectivity index (χ4v) is 4.47. The number of hydrogen-bond donors (Lipinski definition) is 2. The topological polar surface area (TPSA) is 108 Å². The molecule has 2 atom stereocenters. The van der Waals surface area contributed by atoms with Crippen LogP contribution in [0.25, 0.3) is 0 Å². The molecule has 32 heavy (non-hydrogen) atoms. The van der Waals surface area contributed by atoms with E-state index >= 15 is 0 Å². The van der Waals surface area contributed by atoms with E-state index in [1.165, 1.54) is 7.11 Å². The van der Waals surface area contributed by atoms with Crippen LogP contribution >= 0.6 is 11.8 Å². The smallest absolute Gasteiger partial charge is 0.319 e. The summed E-state index contributed by atoms with van der Waals surface area (Å²) in [6.07, 6.45) is 0. The standard InChI is InChI=1S/C24H23N3O4S/c1-14-9-10-18(15(2)11-14)26-19(28)13-32-23-17(12-25)20(16-7-5-4-6-8-16)21(22(29)27-23)24(30)31-3/h4-11,20-21H,13H2,1-3H3,(H,26,28)(H,27,29)/t20-,21-/m1/s1. The van der Waals surface area contributed by atoms with Gasteiger partial charge in [-0.3, -0.25) is 14.4 Å². The highest BCUT2D eigenvalue weighted by Gasteiger charge is 2.44. The second kappa shape index (κ2) is 10.2. The zero-order valence-corrected chi connectivity index (χ0v) is 18.8. The molecular weight excluding hydrogens is 426 g/mol. The Hall–Kier alpha value is -3.57. The van der Waals surface area contributed by atoms with E-state index in [-0.39, 0.29) is 22.3 Å². The van der Waals surface area contributed by atoms with Crippen molar-refractivity contribution in [1.82, 2.24) is 5.32 Å². The summed E-state index contributed by atoms with van der Waals surface area (Å²) < 4.78 is 4.82. The van der Waals surface area contributed by atoms with Crippen molar-refractivity contribution in [3.05, 3.63) is 75.8 Å². The number of esters is 1. The minimum absolute atomic E-state index is 0.0154. The molecule has 0 spiro atoms. The molecule has 0 unspecified atom stereocenters. The third kappa shape index (κ3) is 5.01. The second-order valence-electron chi connectivity index (χ2n) is 7.39. The molecule has 0 bridgehead atoms. The lowest BCUT2D eigenvalue weighted by atomic mass is 9.78. The zero-order chi connectivity index (χ0) is 23.3. The molecule has 0 aliphatic carbocycles. The summed E-state index contributed by atoms with van der Waals surface area (Å²) in [4.78, 5) is 37.7. The highest BCUT2D eigenvalue weighted by molar-refractivity contribution is 8.03. The van der Waals surface area contributed by atoms with Crippen molar-refractivity contribution >= 4 is 35.2 Å². The van der Waals surface area contributed by atoms with E-state index in [0.717, 1.165) is 22.9 Å². The van der Waals surface area contributed by atoms with Gasteiger partial charge in [-0.15, -0.1) is 0 Å². The van der Waals surface area contributed by atoms with Gasteiger partial charge in [0, 0.05) is 11.6 Å². The molecule has 1 heterocycles. The van der Waals surface area contributed by atoms with Gasteiger partial charge >= 0.3 is 5.97 Å². The molecule has 2 aromatic rings. The van der Waals surface area contributed by atoms with Crippen LogP contribution in [0, 0.1) is 31.1 Å². The molecule has 2 aromatic carbocycles. The number of methoxy groups -OCH3 is 1. The van der Waals surface area contributed by atoms with E-state index in [0.29, 0.717) is 11.3 Å². The van der Waals surface area contributed by atoms with Crippen molar-refractivity contribution in [2.24, 2.45) is 5.92 Å². The Morgan fingerprint density at radius 1 is 1.19 bits per heavy atom. The predicted molar refractivity (Wildman–Crippen MR) is 122 cm³/mol. The maximum Gasteiger partial charge on any atom is 0.319 e. The summed E-state index contributed by atoms with van der Waals surface area (Å²) in [5.41, 5.74) is 3.60. The average molecular weight is 450 g/mol. The molecule has 1 aliphatic rings. The van der Waals surface area contributed by atoms with Crippen LogP contribution < -0.4 is 10.6 Å². The minimum Gasteiger partial charge on any atom is -0.468 e. The first-order chi connectivity index (χ1) is 15.3. The van der Waals surface area contributed by atoms with Crippen LogP contribution in [0.1, 0.15) is 22.6 Å². The van der Waals surface area contributed by atoms with Crippen molar-refractivity contribution in [2.75, 3.05) is 18.2 Å². The van der Waals surface area contributed by atoms with Crippen LogP contribution in [-0.4, -0.2) is 30.6 Å². The van der Waals surface area contributed by atoms with Gasteiger partial charge in [-0.05, 0) is 31.0 Å². The number of carbonyl (C=O) groups excluding carboxylic acids is 3. The summed E-state index contributed by atoms with van der Waals surface area (Å²) >= 11 is 1.05. The largest absolute Gasteiger partial charge is 0.468 e. The molecule has 8 heteroatoms. The van der Waals surface area contributed by atoms with Crippen LogP contribution in [0.3, 0.4) is 0 Å². The van der Waals surface area contributed by atoms with Crippen molar-refractivity contribution in [3.8, 4) is 6.07 Å². The van der Waals surface area contributed by atoms with Gasteiger partial charge in [0.2, 0.25) is 11.8 Å². The predicted octanol–water partition coefficient (Wildman–Crippen LogP) is 3.41. The Labute approximate surface area is 190 Å². The summed E-state index contributed by atoms with van der Waals surface area (Å²) in [5, 5.41) is 15.6. The Kier molecular flexibility index (Phi) is 7.33.